The summed E-state index contributed by atoms with van der Waals surface area (Å²) in [4.78, 5) is 25.0. The predicted octanol–water partition coefficient (Wildman–Crippen LogP) is 7.12. The molecule has 172 valence electrons. The zero-order chi connectivity index (χ0) is 21.3. The minimum absolute atomic E-state index is 0.156. The van der Waals surface area contributed by atoms with Crippen LogP contribution in [0.4, 0.5) is 0 Å². The minimum Gasteiger partial charge on any atom is -0.465 e. The van der Waals surface area contributed by atoms with Gasteiger partial charge in [-0.1, -0.05) is 52.4 Å². The zero-order valence-electron chi connectivity index (χ0n) is 19.7. The largest absolute Gasteiger partial charge is 0.465 e. The maximum atomic E-state index is 12.7. The first-order chi connectivity index (χ1) is 14.6. The van der Waals surface area contributed by atoms with Crippen LogP contribution in [0.1, 0.15) is 117 Å². The first-order valence-corrected chi connectivity index (χ1v) is 13.3. The summed E-state index contributed by atoms with van der Waals surface area (Å²) in [5, 5.41) is 0. The maximum Gasteiger partial charge on any atom is 0.316 e. The van der Waals surface area contributed by atoms with Crippen LogP contribution in [-0.2, 0) is 14.3 Å². The van der Waals surface area contributed by atoms with Crippen molar-refractivity contribution in [2.24, 2.45) is 35.5 Å². The van der Waals surface area contributed by atoms with Gasteiger partial charge < -0.3 is 4.74 Å². The van der Waals surface area contributed by atoms with Gasteiger partial charge in [0.25, 0.3) is 0 Å². The molecule has 3 aliphatic carbocycles. The average molecular weight is 419 g/mol. The van der Waals surface area contributed by atoms with Crippen LogP contribution < -0.4 is 0 Å². The number of hydrogen-bond donors (Lipinski definition) is 0. The van der Waals surface area contributed by atoms with E-state index in [1.807, 2.05) is 0 Å². The van der Waals surface area contributed by atoms with Crippen molar-refractivity contribution in [3.8, 4) is 0 Å². The first-order valence-electron chi connectivity index (χ1n) is 13.3. The lowest BCUT2D eigenvalue weighted by Crippen LogP contribution is -2.36. The van der Waals surface area contributed by atoms with Crippen molar-refractivity contribution in [2.75, 3.05) is 6.61 Å². The van der Waals surface area contributed by atoms with Gasteiger partial charge in [0.05, 0.1) is 6.61 Å². The third-order valence-electron chi connectivity index (χ3n) is 8.69. The van der Waals surface area contributed by atoms with Crippen LogP contribution >= 0.6 is 0 Å². The summed E-state index contributed by atoms with van der Waals surface area (Å²) in [7, 11) is 0. The Bertz CT molecular complexity index is 526. The van der Waals surface area contributed by atoms with Gasteiger partial charge in [0.1, 0.15) is 11.7 Å². The second-order valence-electron chi connectivity index (χ2n) is 10.7. The topological polar surface area (TPSA) is 43.4 Å². The molecule has 0 spiro atoms. The Morgan fingerprint density at radius 1 is 0.767 bits per heavy atom. The fraction of sp³-hybridized carbons (Fsp3) is 0.926. The molecule has 0 aliphatic heterocycles. The second-order valence-corrected chi connectivity index (χ2v) is 10.7. The summed E-state index contributed by atoms with van der Waals surface area (Å²) >= 11 is 0. The highest BCUT2D eigenvalue weighted by molar-refractivity contribution is 5.99. The Morgan fingerprint density at radius 2 is 1.33 bits per heavy atom. The molecular weight excluding hydrogens is 372 g/mol. The summed E-state index contributed by atoms with van der Waals surface area (Å²) in [6, 6.07) is 0. The average Bonchev–Trinajstić information content (AvgIpc) is 2.77. The number of carbonyl (C=O) groups is 2. The molecule has 0 aromatic heterocycles. The Balaban J connectivity index is 1.37. The number of esters is 1. The van der Waals surface area contributed by atoms with E-state index >= 15 is 0 Å². The van der Waals surface area contributed by atoms with Crippen LogP contribution in [-0.4, -0.2) is 18.4 Å². The monoisotopic (exact) mass is 418 g/mol. The predicted molar refractivity (Wildman–Crippen MR) is 122 cm³/mol. The summed E-state index contributed by atoms with van der Waals surface area (Å²) < 4.78 is 5.38. The highest BCUT2D eigenvalue weighted by atomic mass is 16.5. The Hall–Kier alpha value is -0.860. The van der Waals surface area contributed by atoms with Crippen molar-refractivity contribution in [3.05, 3.63) is 0 Å². The SMILES string of the molecule is CCCCCOC(=O)C1CCC([C@H]2CC[C@H]([C@H]3CC[C@H](CCC)CC3)CC2)CC1=O. The highest BCUT2D eigenvalue weighted by Crippen LogP contribution is 2.45. The molecule has 3 nitrogen and oxygen atoms in total. The minimum atomic E-state index is -0.475. The van der Waals surface area contributed by atoms with Gasteiger partial charge in [0.2, 0.25) is 0 Å². The quantitative estimate of drug-likeness (QED) is 0.227. The van der Waals surface area contributed by atoms with Gasteiger partial charge in [-0.05, 0) is 87.4 Å². The highest BCUT2D eigenvalue weighted by Gasteiger charge is 2.39. The van der Waals surface area contributed by atoms with Gasteiger partial charge >= 0.3 is 5.97 Å². The van der Waals surface area contributed by atoms with E-state index in [0.29, 0.717) is 24.9 Å². The van der Waals surface area contributed by atoms with Crippen molar-refractivity contribution in [1.82, 2.24) is 0 Å². The molecule has 30 heavy (non-hydrogen) atoms. The lowest BCUT2D eigenvalue weighted by atomic mass is 9.64. The molecular formula is C27H46O3. The number of Topliss-reactive ketones (excluding diaryl/α,β-unsaturated/α-hetero) is 1. The number of ether oxygens (including phenoxy) is 1. The third-order valence-corrected chi connectivity index (χ3v) is 8.69. The molecule has 3 heteroatoms. The Labute approximate surface area is 185 Å². The van der Waals surface area contributed by atoms with Crippen molar-refractivity contribution in [1.29, 1.82) is 0 Å². The van der Waals surface area contributed by atoms with E-state index in [0.717, 1.165) is 49.9 Å². The molecule has 0 bridgehead atoms. The fourth-order valence-corrected chi connectivity index (χ4v) is 6.77. The number of rotatable bonds is 9. The van der Waals surface area contributed by atoms with Gasteiger partial charge in [0, 0.05) is 6.42 Å². The van der Waals surface area contributed by atoms with Crippen LogP contribution in [0.25, 0.3) is 0 Å². The molecule has 0 aromatic carbocycles. The van der Waals surface area contributed by atoms with Crippen molar-refractivity contribution < 1.29 is 14.3 Å². The number of carbonyl (C=O) groups excluding carboxylic acids is 2. The normalized spacial score (nSPS) is 35.2. The van der Waals surface area contributed by atoms with Crippen LogP contribution in [0.15, 0.2) is 0 Å². The van der Waals surface area contributed by atoms with E-state index < -0.39 is 5.92 Å². The van der Waals surface area contributed by atoms with E-state index in [-0.39, 0.29) is 11.8 Å². The first kappa shape index (κ1) is 23.8. The van der Waals surface area contributed by atoms with Gasteiger partial charge in [-0.2, -0.15) is 0 Å². The van der Waals surface area contributed by atoms with E-state index in [1.165, 1.54) is 64.2 Å². The van der Waals surface area contributed by atoms with Crippen molar-refractivity contribution in [2.45, 2.75) is 117 Å². The maximum absolute atomic E-state index is 12.7. The van der Waals surface area contributed by atoms with Crippen molar-refractivity contribution in [3.63, 3.8) is 0 Å². The summed E-state index contributed by atoms with van der Waals surface area (Å²) in [5.41, 5.74) is 0. The summed E-state index contributed by atoms with van der Waals surface area (Å²) in [5.74, 6) is 3.57. The molecule has 0 saturated heterocycles. The van der Waals surface area contributed by atoms with Crippen LogP contribution in [0.5, 0.6) is 0 Å². The van der Waals surface area contributed by atoms with Gasteiger partial charge in [-0.15, -0.1) is 0 Å². The molecule has 3 rings (SSSR count). The lowest BCUT2D eigenvalue weighted by Gasteiger charge is -2.41. The molecule has 0 radical (unpaired) electrons. The van der Waals surface area contributed by atoms with E-state index in [2.05, 4.69) is 13.8 Å². The smallest absolute Gasteiger partial charge is 0.316 e. The molecule has 3 aliphatic rings. The number of unbranched alkanes of at least 4 members (excludes halogenated alkanes) is 2. The fourth-order valence-electron chi connectivity index (χ4n) is 6.77. The van der Waals surface area contributed by atoms with E-state index in [1.54, 1.807) is 0 Å². The molecule has 0 N–H and O–H groups in total. The summed E-state index contributed by atoms with van der Waals surface area (Å²) in [6.07, 6.45) is 19.5. The molecule has 2 atom stereocenters. The van der Waals surface area contributed by atoms with Crippen LogP contribution in [0.3, 0.4) is 0 Å². The molecule has 0 heterocycles. The molecule has 0 amide bonds. The number of ketones is 1. The molecule has 0 aromatic rings. The van der Waals surface area contributed by atoms with Gasteiger partial charge in [-0.25, -0.2) is 0 Å². The molecule has 3 saturated carbocycles. The molecule has 2 unspecified atom stereocenters. The standard InChI is InChI=1S/C27H46O3/c1-3-5-6-18-30-27(29)25-17-16-24(19-26(25)28)23-14-12-22(13-15-23)21-10-8-20(7-4-2)9-11-21/h20-25H,3-19H2,1-2H3/t20-,21-,22-,23-,24?,25?. The van der Waals surface area contributed by atoms with Crippen LogP contribution in [0, 0.1) is 35.5 Å². The van der Waals surface area contributed by atoms with Crippen molar-refractivity contribution >= 4 is 11.8 Å². The third kappa shape index (κ3) is 6.57. The summed E-state index contributed by atoms with van der Waals surface area (Å²) in [6.45, 7) is 4.94. The number of hydrogen-bond acceptors (Lipinski definition) is 3. The Kier molecular flexibility index (Phi) is 9.71. The zero-order valence-corrected chi connectivity index (χ0v) is 19.7. The van der Waals surface area contributed by atoms with Crippen LogP contribution in [0.2, 0.25) is 0 Å². The second kappa shape index (κ2) is 12.2. The van der Waals surface area contributed by atoms with E-state index in [4.69, 9.17) is 4.74 Å². The lowest BCUT2D eigenvalue weighted by molar-refractivity contribution is -0.154. The van der Waals surface area contributed by atoms with E-state index in [9.17, 15) is 9.59 Å². The van der Waals surface area contributed by atoms with Gasteiger partial charge in [0.15, 0.2) is 0 Å². The Morgan fingerprint density at radius 3 is 1.90 bits per heavy atom. The van der Waals surface area contributed by atoms with Gasteiger partial charge in [-0.3, -0.25) is 9.59 Å². The molecule has 3 fully saturated rings.